The minimum absolute atomic E-state index is 0.0191. The highest BCUT2D eigenvalue weighted by Gasteiger charge is 2.03. The zero-order chi connectivity index (χ0) is 12.8. The van der Waals surface area contributed by atoms with Crippen LogP contribution in [0.5, 0.6) is 0 Å². The van der Waals surface area contributed by atoms with Gasteiger partial charge in [0, 0.05) is 25.4 Å². The van der Waals surface area contributed by atoms with Crippen molar-refractivity contribution in [1.29, 1.82) is 0 Å². The number of aliphatic hydroxyl groups is 1. The van der Waals surface area contributed by atoms with Crippen molar-refractivity contribution in [2.45, 2.75) is 12.8 Å². The Bertz CT molecular complexity index is 493. The molecule has 0 spiro atoms. The van der Waals surface area contributed by atoms with Gasteiger partial charge >= 0.3 is 0 Å². The first-order valence-corrected chi connectivity index (χ1v) is 5.64. The first-order valence-electron chi connectivity index (χ1n) is 5.64. The standard InChI is InChI=1S/C12H14N4O2/c17-7-1-2-12(18)15-10-3-4-11(14-8-10)16-6-5-13-9-16/h3-6,8-9,17H,1-2,7H2,(H,15,18). The number of anilines is 1. The number of amides is 1. The third-order valence-corrected chi connectivity index (χ3v) is 2.36. The lowest BCUT2D eigenvalue weighted by atomic mass is 10.3. The molecule has 6 heteroatoms. The molecule has 2 rings (SSSR count). The molecule has 0 radical (unpaired) electrons. The fourth-order valence-corrected chi connectivity index (χ4v) is 1.47. The zero-order valence-corrected chi connectivity index (χ0v) is 9.78. The summed E-state index contributed by atoms with van der Waals surface area (Å²) < 4.78 is 1.78. The van der Waals surface area contributed by atoms with Crippen LogP contribution in [0.1, 0.15) is 12.8 Å². The molecule has 1 amide bonds. The molecule has 2 aromatic rings. The molecule has 0 aromatic carbocycles. The van der Waals surface area contributed by atoms with Gasteiger partial charge in [-0.3, -0.25) is 9.36 Å². The van der Waals surface area contributed by atoms with Crippen LogP contribution in [-0.2, 0) is 4.79 Å². The summed E-state index contributed by atoms with van der Waals surface area (Å²) in [6.07, 6.45) is 7.48. The van der Waals surface area contributed by atoms with Gasteiger partial charge in [-0.15, -0.1) is 0 Å². The van der Waals surface area contributed by atoms with Crippen molar-refractivity contribution in [3.63, 3.8) is 0 Å². The number of hydrogen-bond donors (Lipinski definition) is 2. The number of rotatable bonds is 5. The SMILES string of the molecule is O=C(CCCO)Nc1ccc(-n2ccnc2)nc1. The number of carbonyl (C=O) groups is 1. The van der Waals surface area contributed by atoms with Crippen molar-refractivity contribution < 1.29 is 9.90 Å². The normalized spacial score (nSPS) is 10.3. The molecule has 94 valence electrons. The highest BCUT2D eigenvalue weighted by Crippen LogP contribution is 2.09. The second-order valence-electron chi connectivity index (χ2n) is 3.75. The Kier molecular flexibility index (Phi) is 4.03. The monoisotopic (exact) mass is 246 g/mol. The fraction of sp³-hybridized carbons (Fsp3) is 0.250. The Morgan fingerprint density at radius 2 is 2.33 bits per heavy atom. The van der Waals surface area contributed by atoms with Crippen LogP contribution in [0.3, 0.4) is 0 Å². The van der Waals surface area contributed by atoms with Crippen LogP contribution in [0.4, 0.5) is 5.69 Å². The van der Waals surface area contributed by atoms with E-state index in [1.807, 2.05) is 0 Å². The van der Waals surface area contributed by atoms with E-state index in [1.54, 1.807) is 41.6 Å². The Hall–Kier alpha value is -2.21. The van der Waals surface area contributed by atoms with Gasteiger partial charge in [-0.05, 0) is 18.6 Å². The molecule has 0 saturated heterocycles. The van der Waals surface area contributed by atoms with E-state index in [0.29, 0.717) is 18.5 Å². The third-order valence-electron chi connectivity index (χ3n) is 2.36. The number of carbonyl (C=O) groups excluding carboxylic acids is 1. The number of pyridine rings is 1. The molecule has 6 nitrogen and oxygen atoms in total. The summed E-state index contributed by atoms with van der Waals surface area (Å²) in [4.78, 5) is 19.6. The number of aliphatic hydroxyl groups excluding tert-OH is 1. The molecule has 0 atom stereocenters. The minimum Gasteiger partial charge on any atom is -0.396 e. The van der Waals surface area contributed by atoms with Crippen LogP contribution in [0, 0.1) is 0 Å². The molecule has 0 unspecified atom stereocenters. The quantitative estimate of drug-likeness (QED) is 0.824. The molecule has 0 saturated carbocycles. The zero-order valence-electron chi connectivity index (χ0n) is 9.78. The van der Waals surface area contributed by atoms with Gasteiger partial charge in [0.2, 0.25) is 5.91 Å². The summed E-state index contributed by atoms with van der Waals surface area (Å²) in [5.41, 5.74) is 0.641. The van der Waals surface area contributed by atoms with E-state index >= 15 is 0 Å². The Morgan fingerprint density at radius 3 is 2.94 bits per heavy atom. The highest BCUT2D eigenvalue weighted by molar-refractivity contribution is 5.90. The summed E-state index contributed by atoms with van der Waals surface area (Å²) in [6.45, 7) is 0.0191. The van der Waals surface area contributed by atoms with Crippen LogP contribution in [-0.4, -0.2) is 32.2 Å². The maximum absolute atomic E-state index is 11.4. The predicted molar refractivity (Wildman–Crippen MR) is 66.3 cm³/mol. The van der Waals surface area contributed by atoms with Gasteiger partial charge in [-0.1, -0.05) is 0 Å². The van der Waals surface area contributed by atoms with Crippen LogP contribution in [0.15, 0.2) is 37.1 Å². The molecule has 2 N–H and O–H groups in total. The van der Waals surface area contributed by atoms with Crippen molar-refractivity contribution in [2.24, 2.45) is 0 Å². The van der Waals surface area contributed by atoms with Gasteiger partial charge < -0.3 is 10.4 Å². The van der Waals surface area contributed by atoms with Gasteiger partial charge in [0.25, 0.3) is 0 Å². The van der Waals surface area contributed by atoms with E-state index in [9.17, 15) is 4.79 Å². The maximum Gasteiger partial charge on any atom is 0.224 e. The molecule has 0 aliphatic rings. The van der Waals surface area contributed by atoms with Crippen molar-refractivity contribution in [1.82, 2.24) is 14.5 Å². The van der Waals surface area contributed by atoms with E-state index in [1.165, 1.54) is 0 Å². The predicted octanol–water partition coefficient (Wildman–Crippen LogP) is 0.978. The Labute approximate surface area is 104 Å². The van der Waals surface area contributed by atoms with E-state index < -0.39 is 0 Å². The van der Waals surface area contributed by atoms with Gasteiger partial charge in [0.15, 0.2) is 0 Å². The topological polar surface area (TPSA) is 80.0 Å². The lowest BCUT2D eigenvalue weighted by Crippen LogP contribution is -2.12. The van der Waals surface area contributed by atoms with E-state index in [-0.39, 0.29) is 12.5 Å². The van der Waals surface area contributed by atoms with Gasteiger partial charge in [0.1, 0.15) is 12.1 Å². The molecule has 0 aliphatic carbocycles. The van der Waals surface area contributed by atoms with Crippen molar-refractivity contribution >= 4 is 11.6 Å². The average Bonchev–Trinajstić information content (AvgIpc) is 2.91. The third kappa shape index (κ3) is 3.14. The lowest BCUT2D eigenvalue weighted by molar-refractivity contribution is -0.116. The molecule has 18 heavy (non-hydrogen) atoms. The largest absolute Gasteiger partial charge is 0.396 e. The van der Waals surface area contributed by atoms with Crippen molar-refractivity contribution in [3.05, 3.63) is 37.1 Å². The summed E-state index contributed by atoms with van der Waals surface area (Å²) in [7, 11) is 0. The second-order valence-corrected chi connectivity index (χ2v) is 3.75. The van der Waals surface area contributed by atoms with Crippen LogP contribution >= 0.6 is 0 Å². The van der Waals surface area contributed by atoms with Crippen LogP contribution < -0.4 is 5.32 Å². The van der Waals surface area contributed by atoms with Crippen LogP contribution in [0.2, 0.25) is 0 Å². The van der Waals surface area contributed by atoms with Gasteiger partial charge in [-0.2, -0.15) is 0 Å². The lowest BCUT2D eigenvalue weighted by Gasteiger charge is -2.05. The Morgan fingerprint density at radius 1 is 1.44 bits per heavy atom. The molecular weight excluding hydrogens is 232 g/mol. The van der Waals surface area contributed by atoms with Crippen molar-refractivity contribution in [3.8, 4) is 5.82 Å². The minimum atomic E-state index is -0.124. The summed E-state index contributed by atoms with van der Waals surface area (Å²) in [5.74, 6) is 0.613. The molecular formula is C12H14N4O2. The maximum atomic E-state index is 11.4. The van der Waals surface area contributed by atoms with Gasteiger partial charge in [-0.25, -0.2) is 9.97 Å². The molecule has 0 bridgehead atoms. The Balaban J connectivity index is 1.98. The number of aromatic nitrogens is 3. The van der Waals surface area contributed by atoms with Gasteiger partial charge in [0.05, 0.1) is 11.9 Å². The second kappa shape index (κ2) is 5.92. The molecule has 2 aromatic heterocycles. The molecule has 2 heterocycles. The summed E-state index contributed by atoms with van der Waals surface area (Å²) >= 11 is 0. The van der Waals surface area contributed by atoms with E-state index in [2.05, 4.69) is 15.3 Å². The highest BCUT2D eigenvalue weighted by atomic mass is 16.3. The summed E-state index contributed by atoms with van der Waals surface area (Å²) in [6, 6.07) is 3.57. The van der Waals surface area contributed by atoms with E-state index in [4.69, 9.17) is 5.11 Å². The van der Waals surface area contributed by atoms with Crippen LogP contribution in [0.25, 0.3) is 5.82 Å². The summed E-state index contributed by atoms with van der Waals surface area (Å²) in [5, 5.41) is 11.3. The van der Waals surface area contributed by atoms with E-state index in [0.717, 1.165) is 5.82 Å². The molecule has 0 fully saturated rings. The number of imidazole rings is 1. The van der Waals surface area contributed by atoms with Crippen molar-refractivity contribution in [2.75, 3.05) is 11.9 Å². The average molecular weight is 246 g/mol. The first-order chi connectivity index (χ1) is 8.79. The fourth-order valence-electron chi connectivity index (χ4n) is 1.47. The first kappa shape index (κ1) is 12.3. The molecule has 0 aliphatic heterocycles. The smallest absolute Gasteiger partial charge is 0.224 e. The number of hydrogen-bond acceptors (Lipinski definition) is 4. The number of nitrogens with one attached hydrogen (secondary N) is 1. The number of nitrogens with zero attached hydrogens (tertiary/aromatic N) is 3.